The fraction of sp³-hybridized carbons (Fsp3) is 0.444. The number of nitrogens with zero attached hydrogens (tertiary/aromatic N) is 1. The summed E-state index contributed by atoms with van der Waals surface area (Å²) < 4.78 is 9.73. The van der Waals surface area contributed by atoms with Crippen LogP contribution in [-0.4, -0.2) is 54.0 Å². The summed E-state index contributed by atoms with van der Waals surface area (Å²) >= 11 is 1.16. The van der Waals surface area contributed by atoms with E-state index in [9.17, 15) is 19.2 Å². The highest BCUT2D eigenvalue weighted by atomic mass is 32.2. The van der Waals surface area contributed by atoms with Crippen molar-refractivity contribution in [3.8, 4) is 0 Å². The van der Waals surface area contributed by atoms with Crippen LogP contribution in [0.4, 0.5) is 5.69 Å². The van der Waals surface area contributed by atoms with E-state index in [4.69, 9.17) is 15.2 Å². The van der Waals surface area contributed by atoms with Gasteiger partial charge in [-0.15, -0.1) is 11.8 Å². The van der Waals surface area contributed by atoms with E-state index in [1.807, 2.05) is 0 Å². The van der Waals surface area contributed by atoms with E-state index in [0.29, 0.717) is 11.3 Å². The number of amides is 2. The van der Waals surface area contributed by atoms with Gasteiger partial charge in [0.2, 0.25) is 11.8 Å². The molecule has 9 heteroatoms. The first-order valence-electron chi connectivity index (χ1n) is 8.56. The van der Waals surface area contributed by atoms with E-state index in [1.54, 1.807) is 13.8 Å². The molecule has 27 heavy (non-hydrogen) atoms. The molecule has 1 fully saturated rings. The van der Waals surface area contributed by atoms with E-state index >= 15 is 0 Å². The number of imide groups is 1. The van der Waals surface area contributed by atoms with Crippen molar-refractivity contribution in [1.82, 2.24) is 0 Å². The molecular formula is C18H22N2O6S. The average Bonchev–Trinajstić information content (AvgIpc) is 2.93. The molecule has 0 bridgehead atoms. The lowest BCUT2D eigenvalue weighted by Crippen LogP contribution is -2.36. The van der Waals surface area contributed by atoms with Gasteiger partial charge in [0.25, 0.3) is 0 Å². The summed E-state index contributed by atoms with van der Waals surface area (Å²) in [6.45, 7) is 3.88. The molecule has 2 N–H and O–H groups in total. The normalized spacial score (nSPS) is 17.7. The minimum Gasteiger partial charge on any atom is -0.465 e. The molecule has 0 saturated carbocycles. The van der Waals surface area contributed by atoms with Gasteiger partial charge in [-0.2, -0.15) is 0 Å². The Kier molecular flexibility index (Phi) is 7.37. The number of benzene rings is 1. The van der Waals surface area contributed by atoms with Gasteiger partial charge in [-0.25, -0.2) is 9.69 Å². The molecule has 0 unspecified atom stereocenters. The fourth-order valence-electron chi connectivity index (χ4n) is 2.50. The maximum absolute atomic E-state index is 12.6. The van der Waals surface area contributed by atoms with E-state index in [1.165, 1.54) is 24.3 Å². The van der Waals surface area contributed by atoms with Gasteiger partial charge in [0.1, 0.15) is 6.04 Å². The summed E-state index contributed by atoms with van der Waals surface area (Å²) in [7, 11) is 0. The molecule has 8 nitrogen and oxygen atoms in total. The minimum atomic E-state index is -0.851. The first kappa shape index (κ1) is 20.9. The molecule has 0 aliphatic carbocycles. The maximum atomic E-state index is 12.6. The van der Waals surface area contributed by atoms with Gasteiger partial charge >= 0.3 is 11.9 Å². The summed E-state index contributed by atoms with van der Waals surface area (Å²) in [6.07, 6.45) is 0.0265. The lowest BCUT2D eigenvalue weighted by Gasteiger charge is -2.16. The van der Waals surface area contributed by atoms with Crippen molar-refractivity contribution in [1.29, 1.82) is 0 Å². The first-order chi connectivity index (χ1) is 12.9. The van der Waals surface area contributed by atoms with Crippen LogP contribution in [0.5, 0.6) is 0 Å². The Hall–Kier alpha value is -2.39. The van der Waals surface area contributed by atoms with Crippen molar-refractivity contribution in [2.45, 2.75) is 31.6 Å². The standard InChI is InChI=1S/C18H22N2O6S/c1-3-25-17(23)11-5-7-12(8-6-11)20-15(21)9-14(16(20)22)27-10-13(19)18(24)26-4-2/h5-8,13-14H,3-4,9-10,19H2,1-2H3/t13-,14+/m1/s1. The van der Waals surface area contributed by atoms with Crippen molar-refractivity contribution in [3.63, 3.8) is 0 Å². The molecule has 0 radical (unpaired) electrons. The molecule has 146 valence electrons. The highest BCUT2D eigenvalue weighted by Crippen LogP contribution is 2.30. The van der Waals surface area contributed by atoms with Gasteiger partial charge in [0.15, 0.2) is 0 Å². The summed E-state index contributed by atoms with van der Waals surface area (Å²) in [5, 5.41) is -0.609. The van der Waals surface area contributed by atoms with Crippen molar-refractivity contribution in [2.24, 2.45) is 5.73 Å². The molecule has 1 aromatic carbocycles. The third kappa shape index (κ3) is 5.08. The van der Waals surface area contributed by atoms with Crippen molar-refractivity contribution in [2.75, 3.05) is 23.9 Å². The lowest BCUT2D eigenvalue weighted by atomic mass is 10.2. The first-order valence-corrected chi connectivity index (χ1v) is 9.61. The summed E-state index contributed by atoms with van der Waals surface area (Å²) in [4.78, 5) is 49.2. The summed E-state index contributed by atoms with van der Waals surface area (Å²) in [5.74, 6) is -1.54. The Morgan fingerprint density at radius 3 is 2.41 bits per heavy atom. The zero-order valence-corrected chi connectivity index (χ0v) is 16.0. The van der Waals surface area contributed by atoms with Gasteiger partial charge in [-0.1, -0.05) is 0 Å². The van der Waals surface area contributed by atoms with E-state index in [-0.39, 0.29) is 37.2 Å². The van der Waals surface area contributed by atoms with Crippen LogP contribution >= 0.6 is 11.8 Å². The van der Waals surface area contributed by atoms with Crippen LogP contribution in [-0.2, 0) is 23.9 Å². The SMILES string of the molecule is CCOC(=O)c1ccc(N2C(=O)C[C@H](SC[C@@H](N)C(=O)OCC)C2=O)cc1. The zero-order valence-electron chi connectivity index (χ0n) is 15.2. The molecule has 0 spiro atoms. The number of carbonyl (C=O) groups is 4. The van der Waals surface area contributed by atoms with Gasteiger partial charge in [0, 0.05) is 12.2 Å². The smallest absolute Gasteiger partial charge is 0.338 e. The largest absolute Gasteiger partial charge is 0.465 e. The number of rotatable bonds is 8. The molecule has 2 amide bonds. The third-order valence-corrected chi connectivity index (χ3v) is 5.13. The number of ether oxygens (including phenoxy) is 2. The highest BCUT2D eigenvalue weighted by Gasteiger charge is 2.40. The van der Waals surface area contributed by atoms with Crippen LogP contribution in [0.15, 0.2) is 24.3 Å². The second kappa shape index (κ2) is 9.52. The van der Waals surface area contributed by atoms with Crippen LogP contribution in [0.1, 0.15) is 30.6 Å². The van der Waals surface area contributed by atoms with Crippen molar-refractivity contribution >= 4 is 41.2 Å². The van der Waals surface area contributed by atoms with Crippen LogP contribution < -0.4 is 10.6 Å². The number of hydrogen-bond donors (Lipinski definition) is 1. The highest BCUT2D eigenvalue weighted by molar-refractivity contribution is 8.00. The lowest BCUT2D eigenvalue weighted by molar-refractivity contribution is -0.144. The Bertz CT molecular complexity index is 721. The van der Waals surface area contributed by atoms with Gasteiger partial charge in [-0.05, 0) is 38.1 Å². The zero-order chi connectivity index (χ0) is 20.0. The number of carbonyl (C=O) groups excluding carboxylic acids is 4. The Morgan fingerprint density at radius 2 is 1.81 bits per heavy atom. The molecular weight excluding hydrogens is 372 g/mol. The molecule has 1 aliphatic rings. The van der Waals surface area contributed by atoms with Crippen molar-refractivity contribution in [3.05, 3.63) is 29.8 Å². The van der Waals surface area contributed by atoms with Crippen LogP contribution in [0.25, 0.3) is 0 Å². The molecule has 1 aromatic rings. The predicted octanol–water partition coefficient (Wildman–Crippen LogP) is 1.12. The minimum absolute atomic E-state index is 0.0265. The topological polar surface area (TPSA) is 116 Å². The molecule has 2 atom stereocenters. The quantitative estimate of drug-likeness (QED) is 0.515. The maximum Gasteiger partial charge on any atom is 0.338 e. The fourth-order valence-corrected chi connectivity index (χ4v) is 3.59. The van der Waals surface area contributed by atoms with E-state index < -0.39 is 23.2 Å². The number of hydrogen-bond acceptors (Lipinski definition) is 8. The molecule has 0 aromatic heterocycles. The second-order valence-electron chi connectivity index (χ2n) is 5.72. The van der Waals surface area contributed by atoms with Crippen LogP contribution in [0.3, 0.4) is 0 Å². The van der Waals surface area contributed by atoms with Crippen LogP contribution in [0, 0.1) is 0 Å². The third-order valence-electron chi connectivity index (χ3n) is 3.81. The Balaban J connectivity index is 2.01. The van der Waals surface area contributed by atoms with Gasteiger partial charge in [-0.3, -0.25) is 14.4 Å². The molecule has 1 heterocycles. The average molecular weight is 394 g/mol. The van der Waals surface area contributed by atoms with E-state index in [0.717, 1.165) is 16.7 Å². The molecule has 1 aliphatic heterocycles. The summed E-state index contributed by atoms with van der Waals surface area (Å²) in [6, 6.07) is 5.21. The number of anilines is 1. The second-order valence-corrected chi connectivity index (χ2v) is 6.96. The van der Waals surface area contributed by atoms with Gasteiger partial charge in [0.05, 0.1) is 29.7 Å². The van der Waals surface area contributed by atoms with E-state index in [2.05, 4.69) is 0 Å². The summed E-state index contributed by atoms with van der Waals surface area (Å²) in [5.41, 5.74) is 6.45. The Morgan fingerprint density at radius 1 is 1.19 bits per heavy atom. The Labute approximate surface area is 161 Å². The monoisotopic (exact) mass is 394 g/mol. The van der Waals surface area contributed by atoms with Gasteiger partial charge < -0.3 is 15.2 Å². The number of thioether (sulfide) groups is 1. The van der Waals surface area contributed by atoms with Crippen molar-refractivity contribution < 1.29 is 28.7 Å². The number of nitrogens with two attached hydrogens (primary N) is 1. The molecule has 1 saturated heterocycles. The number of esters is 2. The van der Waals surface area contributed by atoms with Crippen LogP contribution in [0.2, 0.25) is 0 Å². The molecule has 2 rings (SSSR count). The predicted molar refractivity (Wildman–Crippen MR) is 100 cm³/mol.